The maximum Gasteiger partial charge on any atom is 0.327 e. The van der Waals surface area contributed by atoms with E-state index < -0.39 is 28.7 Å². The molecule has 2 aromatic rings. The first-order valence-corrected chi connectivity index (χ1v) is 10.9. The maximum absolute atomic E-state index is 13.1. The highest BCUT2D eigenvalue weighted by molar-refractivity contribution is 8.01. The minimum atomic E-state index is -0.966. The second-order valence-corrected chi connectivity index (χ2v) is 9.58. The number of carboxylic acid groups (broad SMARTS) is 1. The molecule has 8 nitrogen and oxygen atoms in total. The van der Waals surface area contributed by atoms with Crippen molar-refractivity contribution in [2.24, 2.45) is 0 Å². The van der Waals surface area contributed by atoms with Crippen LogP contribution in [-0.2, 0) is 9.59 Å². The Morgan fingerprint density at radius 2 is 1.97 bits per heavy atom. The van der Waals surface area contributed by atoms with Gasteiger partial charge >= 0.3 is 5.97 Å². The molecule has 2 unspecified atom stereocenters. The van der Waals surface area contributed by atoms with Gasteiger partial charge in [-0.25, -0.2) is 4.79 Å². The molecule has 2 saturated heterocycles. The van der Waals surface area contributed by atoms with Crippen LogP contribution in [-0.4, -0.2) is 55.2 Å². The van der Waals surface area contributed by atoms with Crippen LogP contribution in [0.15, 0.2) is 34.9 Å². The number of nitrogens with one attached hydrogen (secondary N) is 1. The lowest BCUT2D eigenvalue weighted by molar-refractivity contribution is -0.160. The Morgan fingerprint density at radius 1 is 1.27 bits per heavy atom. The topological polar surface area (TPSA) is 113 Å². The summed E-state index contributed by atoms with van der Waals surface area (Å²) in [6.07, 6.45) is 3.47. The number of rotatable bonds is 4. The number of carbonyl (C=O) groups is 3. The minimum Gasteiger partial charge on any atom is -0.480 e. The van der Waals surface area contributed by atoms with Gasteiger partial charge in [0.05, 0.1) is 0 Å². The second kappa shape index (κ2) is 6.87. The fourth-order valence-electron chi connectivity index (χ4n) is 4.93. The molecular weight excluding hydrogens is 406 g/mol. The summed E-state index contributed by atoms with van der Waals surface area (Å²) in [7, 11) is 0. The van der Waals surface area contributed by atoms with Crippen molar-refractivity contribution in [1.29, 1.82) is 0 Å². The molecule has 2 N–H and O–H groups in total. The summed E-state index contributed by atoms with van der Waals surface area (Å²) >= 11 is 1.53. The summed E-state index contributed by atoms with van der Waals surface area (Å²) in [5.74, 6) is -1.38. The summed E-state index contributed by atoms with van der Waals surface area (Å²) in [5.41, 5.74) is 1.46. The van der Waals surface area contributed by atoms with E-state index in [4.69, 9.17) is 4.52 Å². The number of benzene rings is 1. The van der Waals surface area contributed by atoms with E-state index in [1.807, 2.05) is 30.3 Å². The van der Waals surface area contributed by atoms with Gasteiger partial charge in [-0.3, -0.25) is 9.59 Å². The van der Waals surface area contributed by atoms with Gasteiger partial charge in [0.25, 0.3) is 5.91 Å². The zero-order chi connectivity index (χ0) is 21.0. The number of hydrogen-bond donors (Lipinski definition) is 2. The molecule has 1 aromatic heterocycles. The molecule has 5 rings (SSSR count). The predicted molar refractivity (Wildman–Crippen MR) is 109 cm³/mol. The highest BCUT2D eigenvalue weighted by atomic mass is 32.2. The normalized spacial score (nSPS) is 26.5. The van der Waals surface area contributed by atoms with Crippen LogP contribution in [0, 0.1) is 6.92 Å². The number of aromatic nitrogens is 1. The first-order chi connectivity index (χ1) is 14.4. The van der Waals surface area contributed by atoms with Crippen LogP contribution in [0.2, 0.25) is 0 Å². The molecule has 3 atom stereocenters. The number of amides is 2. The summed E-state index contributed by atoms with van der Waals surface area (Å²) in [6.45, 7) is 1.65. The van der Waals surface area contributed by atoms with Crippen molar-refractivity contribution < 1.29 is 24.0 Å². The van der Waals surface area contributed by atoms with Gasteiger partial charge < -0.3 is 19.8 Å². The van der Waals surface area contributed by atoms with Crippen LogP contribution in [0.3, 0.4) is 0 Å². The number of fused-ring (bicyclic) bond motifs is 1. The molecule has 1 aliphatic carbocycles. The fraction of sp³-hybridized carbons (Fsp3) is 0.429. The molecule has 2 amide bonds. The predicted octanol–water partition coefficient (Wildman–Crippen LogP) is 2.43. The van der Waals surface area contributed by atoms with Crippen molar-refractivity contribution in [2.45, 2.75) is 54.8 Å². The Bertz CT molecular complexity index is 1030. The van der Waals surface area contributed by atoms with Gasteiger partial charge in [-0.2, -0.15) is 0 Å². The lowest BCUT2D eigenvalue weighted by Crippen LogP contribution is -2.70. The van der Waals surface area contributed by atoms with Gasteiger partial charge in [0, 0.05) is 10.3 Å². The average Bonchev–Trinajstić information content (AvgIpc) is 3.43. The number of carboxylic acids is 1. The zero-order valence-electron chi connectivity index (χ0n) is 16.3. The van der Waals surface area contributed by atoms with E-state index in [0.717, 1.165) is 31.2 Å². The number of nitrogens with zero attached hydrogens (tertiary/aromatic N) is 2. The van der Waals surface area contributed by atoms with E-state index in [1.165, 1.54) is 16.7 Å². The summed E-state index contributed by atoms with van der Waals surface area (Å²) in [6, 6.07) is 7.65. The van der Waals surface area contributed by atoms with Crippen LogP contribution < -0.4 is 5.32 Å². The third-order valence-corrected chi connectivity index (χ3v) is 8.16. The number of β-lactam (4-membered cyclic amide) rings is 1. The van der Waals surface area contributed by atoms with E-state index in [2.05, 4.69) is 10.5 Å². The number of aliphatic carboxylic acids is 1. The number of carbonyl (C=O) groups excluding carboxylic acids is 2. The highest BCUT2D eigenvalue weighted by Gasteiger charge is 2.67. The minimum absolute atomic E-state index is 0.292. The summed E-state index contributed by atoms with van der Waals surface area (Å²) < 4.78 is 4.80. The van der Waals surface area contributed by atoms with Gasteiger partial charge in [-0.15, -0.1) is 11.8 Å². The van der Waals surface area contributed by atoms with Crippen molar-refractivity contribution in [3.05, 3.63) is 41.7 Å². The van der Waals surface area contributed by atoms with Crippen LogP contribution >= 0.6 is 11.8 Å². The smallest absolute Gasteiger partial charge is 0.327 e. The third kappa shape index (κ3) is 2.68. The largest absolute Gasteiger partial charge is 0.480 e. The molecule has 3 fully saturated rings. The molecule has 1 saturated carbocycles. The molecule has 0 bridgehead atoms. The van der Waals surface area contributed by atoms with E-state index in [1.54, 1.807) is 6.92 Å². The molecule has 1 aromatic carbocycles. The SMILES string of the molecule is Cc1onc(-c2ccccc2)c1C(=O)NC1C(=O)N2C(C(=O)O)C3(CCCC3)S[C@@H]12. The van der Waals surface area contributed by atoms with Crippen molar-refractivity contribution in [1.82, 2.24) is 15.4 Å². The van der Waals surface area contributed by atoms with Crippen LogP contribution in [0.25, 0.3) is 11.3 Å². The Morgan fingerprint density at radius 3 is 2.63 bits per heavy atom. The molecule has 156 valence electrons. The Hall–Kier alpha value is -2.81. The van der Waals surface area contributed by atoms with E-state index >= 15 is 0 Å². The summed E-state index contributed by atoms with van der Waals surface area (Å²) in [4.78, 5) is 39.3. The molecular formula is C21H21N3O5S. The van der Waals surface area contributed by atoms with Crippen LogP contribution in [0.5, 0.6) is 0 Å². The third-order valence-electron chi connectivity index (χ3n) is 6.32. The number of hydrogen-bond acceptors (Lipinski definition) is 6. The molecule has 9 heteroatoms. The highest BCUT2D eigenvalue weighted by Crippen LogP contribution is 2.58. The second-order valence-electron chi connectivity index (χ2n) is 8.05. The summed E-state index contributed by atoms with van der Waals surface area (Å²) in [5, 5.41) is 16.3. The van der Waals surface area contributed by atoms with Crippen LogP contribution in [0.4, 0.5) is 0 Å². The van der Waals surface area contributed by atoms with Crippen molar-refractivity contribution >= 4 is 29.5 Å². The van der Waals surface area contributed by atoms with Gasteiger partial charge in [0.15, 0.2) is 0 Å². The van der Waals surface area contributed by atoms with Crippen molar-refractivity contribution in [3.63, 3.8) is 0 Å². The number of aryl methyl sites for hydroxylation is 1. The van der Waals surface area contributed by atoms with Gasteiger partial charge in [0.1, 0.15) is 34.5 Å². The Balaban J connectivity index is 1.40. The van der Waals surface area contributed by atoms with E-state index in [-0.39, 0.29) is 11.3 Å². The Labute approximate surface area is 177 Å². The average molecular weight is 427 g/mol. The lowest BCUT2D eigenvalue weighted by Gasteiger charge is -2.43. The van der Waals surface area contributed by atoms with E-state index in [0.29, 0.717) is 17.0 Å². The quantitative estimate of drug-likeness (QED) is 0.721. The maximum atomic E-state index is 13.1. The first-order valence-electron chi connectivity index (χ1n) is 9.98. The van der Waals surface area contributed by atoms with Crippen LogP contribution in [0.1, 0.15) is 41.8 Å². The van der Waals surface area contributed by atoms with Gasteiger partial charge in [0.2, 0.25) is 5.91 Å². The van der Waals surface area contributed by atoms with Gasteiger partial charge in [-0.1, -0.05) is 48.3 Å². The zero-order valence-corrected chi connectivity index (χ0v) is 17.1. The molecule has 3 heterocycles. The van der Waals surface area contributed by atoms with Gasteiger partial charge in [-0.05, 0) is 19.8 Å². The number of thioether (sulfide) groups is 1. The van der Waals surface area contributed by atoms with E-state index in [9.17, 15) is 19.5 Å². The molecule has 1 spiro atoms. The Kier molecular flexibility index (Phi) is 4.39. The molecule has 30 heavy (non-hydrogen) atoms. The fourth-order valence-corrected chi connectivity index (χ4v) is 6.94. The van der Waals surface area contributed by atoms with Crippen molar-refractivity contribution in [3.8, 4) is 11.3 Å². The standard InChI is InChI=1S/C21H21N3O5S/c1-11-13(14(23-29-11)12-7-3-2-4-8-12)17(25)22-15-18(26)24-16(20(27)28)21(30-19(15)24)9-5-6-10-21/h2-4,7-8,15-16,19H,5-6,9-10H2,1H3,(H,22,25)(H,27,28)/t15?,16?,19-/m0/s1. The monoisotopic (exact) mass is 427 g/mol. The molecule has 0 radical (unpaired) electrons. The van der Waals surface area contributed by atoms with Crippen molar-refractivity contribution in [2.75, 3.05) is 0 Å². The molecule has 2 aliphatic heterocycles. The lowest BCUT2D eigenvalue weighted by atomic mass is 9.92. The first kappa shape index (κ1) is 19.2. The molecule has 3 aliphatic rings.